The summed E-state index contributed by atoms with van der Waals surface area (Å²) in [4.78, 5) is 17.2. The summed E-state index contributed by atoms with van der Waals surface area (Å²) >= 11 is 0. The fourth-order valence-corrected chi connectivity index (χ4v) is 3.11. The van der Waals surface area contributed by atoms with Crippen LogP contribution in [0.5, 0.6) is 0 Å². The second-order valence-corrected chi connectivity index (χ2v) is 6.37. The topological polar surface area (TPSA) is 46.9 Å². The monoisotopic (exact) mass is 335 g/mol. The normalized spacial score (nSPS) is 11.0. The lowest BCUT2D eigenvalue weighted by atomic mass is 10.1. The Bertz CT molecular complexity index is 866. The highest BCUT2D eigenvalue weighted by molar-refractivity contribution is 5.95. The van der Waals surface area contributed by atoms with E-state index in [0.29, 0.717) is 6.54 Å². The van der Waals surface area contributed by atoms with Crippen LogP contribution in [0.15, 0.2) is 48.5 Å². The van der Waals surface area contributed by atoms with Crippen molar-refractivity contribution in [1.82, 2.24) is 14.9 Å². The highest BCUT2D eigenvalue weighted by atomic mass is 16.1. The molecular weight excluding hydrogens is 310 g/mol. The number of imidazole rings is 1. The van der Waals surface area contributed by atoms with Gasteiger partial charge < -0.3 is 9.88 Å². The molecule has 0 aliphatic heterocycles. The van der Waals surface area contributed by atoms with Crippen LogP contribution in [0, 0.1) is 6.92 Å². The molecule has 0 saturated carbocycles. The highest BCUT2D eigenvalue weighted by Gasteiger charge is 2.13. The number of aromatic nitrogens is 2. The largest absolute Gasteiger partial charge is 0.345 e. The first-order chi connectivity index (χ1) is 12.2. The number of fused-ring (bicyclic) bond motifs is 1. The fraction of sp³-hybridized carbons (Fsp3) is 0.333. The first-order valence-electron chi connectivity index (χ1n) is 8.98. The molecule has 0 fully saturated rings. The average Bonchev–Trinajstić information content (AvgIpc) is 2.98. The number of rotatable bonds is 7. The summed E-state index contributed by atoms with van der Waals surface area (Å²) in [6, 6.07) is 15.8. The summed E-state index contributed by atoms with van der Waals surface area (Å²) in [6.45, 7) is 5.53. The van der Waals surface area contributed by atoms with Crippen LogP contribution >= 0.6 is 0 Å². The predicted molar refractivity (Wildman–Crippen MR) is 102 cm³/mol. The van der Waals surface area contributed by atoms with Crippen molar-refractivity contribution in [3.63, 3.8) is 0 Å². The van der Waals surface area contributed by atoms with Crippen molar-refractivity contribution in [3.8, 4) is 0 Å². The van der Waals surface area contributed by atoms with E-state index < -0.39 is 0 Å². The van der Waals surface area contributed by atoms with Crippen LogP contribution in [0.2, 0.25) is 0 Å². The third-order valence-corrected chi connectivity index (χ3v) is 4.52. The molecule has 1 amide bonds. The van der Waals surface area contributed by atoms with Gasteiger partial charge in [0.05, 0.1) is 17.6 Å². The van der Waals surface area contributed by atoms with E-state index in [4.69, 9.17) is 4.98 Å². The van der Waals surface area contributed by atoms with Crippen LogP contribution in [-0.2, 0) is 13.1 Å². The predicted octanol–water partition coefficient (Wildman–Crippen LogP) is 4.46. The zero-order valence-electron chi connectivity index (χ0n) is 15.0. The van der Waals surface area contributed by atoms with E-state index in [1.807, 2.05) is 49.4 Å². The minimum absolute atomic E-state index is 0.0507. The molecule has 2 aromatic carbocycles. The molecule has 3 aromatic rings. The lowest BCUT2D eigenvalue weighted by Gasteiger charge is -2.11. The van der Waals surface area contributed by atoms with E-state index in [1.165, 1.54) is 12.8 Å². The first-order valence-corrected chi connectivity index (χ1v) is 8.98. The van der Waals surface area contributed by atoms with E-state index in [9.17, 15) is 4.79 Å². The average molecular weight is 335 g/mol. The summed E-state index contributed by atoms with van der Waals surface area (Å²) in [5.41, 5.74) is 3.82. The Labute approximate surface area is 148 Å². The Kier molecular flexibility index (Phi) is 5.49. The van der Waals surface area contributed by atoms with E-state index in [2.05, 4.69) is 22.9 Å². The number of benzene rings is 2. The second kappa shape index (κ2) is 7.97. The van der Waals surface area contributed by atoms with Crippen molar-refractivity contribution in [1.29, 1.82) is 0 Å². The summed E-state index contributed by atoms with van der Waals surface area (Å²) in [7, 11) is 0. The van der Waals surface area contributed by atoms with Crippen molar-refractivity contribution in [2.45, 2.75) is 46.2 Å². The number of unbranched alkanes of at least 4 members (excludes halogenated alkanes) is 2. The van der Waals surface area contributed by atoms with Gasteiger partial charge in [-0.2, -0.15) is 0 Å². The van der Waals surface area contributed by atoms with Gasteiger partial charge in [-0.15, -0.1) is 0 Å². The lowest BCUT2D eigenvalue weighted by molar-refractivity contribution is 0.0949. The van der Waals surface area contributed by atoms with Crippen molar-refractivity contribution in [2.24, 2.45) is 0 Å². The van der Waals surface area contributed by atoms with Gasteiger partial charge in [0.15, 0.2) is 0 Å². The molecule has 4 heteroatoms. The summed E-state index contributed by atoms with van der Waals surface area (Å²) in [6.07, 6.45) is 3.50. The zero-order chi connectivity index (χ0) is 17.6. The van der Waals surface area contributed by atoms with Crippen LogP contribution in [0.3, 0.4) is 0 Å². The van der Waals surface area contributed by atoms with Crippen LogP contribution in [0.4, 0.5) is 0 Å². The van der Waals surface area contributed by atoms with E-state index in [0.717, 1.165) is 41.0 Å². The first kappa shape index (κ1) is 17.2. The third-order valence-electron chi connectivity index (χ3n) is 4.52. The van der Waals surface area contributed by atoms with Gasteiger partial charge in [-0.1, -0.05) is 50.1 Å². The van der Waals surface area contributed by atoms with Gasteiger partial charge in [0.1, 0.15) is 5.82 Å². The maximum atomic E-state index is 12.5. The van der Waals surface area contributed by atoms with Crippen LogP contribution in [-0.4, -0.2) is 15.5 Å². The molecular formula is C21H25N3O. The molecule has 1 N–H and O–H groups in total. The number of nitrogens with zero attached hydrogens (tertiary/aromatic N) is 2. The molecule has 0 spiro atoms. The molecule has 0 aliphatic rings. The zero-order valence-corrected chi connectivity index (χ0v) is 15.0. The molecule has 4 nitrogen and oxygen atoms in total. The second-order valence-electron chi connectivity index (χ2n) is 6.37. The number of hydrogen-bond acceptors (Lipinski definition) is 2. The minimum atomic E-state index is -0.0507. The molecule has 0 radical (unpaired) electrons. The Morgan fingerprint density at radius 3 is 2.64 bits per heavy atom. The van der Waals surface area contributed by atoms with Crippen molar-refractivity contribution in [2.75, 3.05) is 0 Å². The van der Waals surface area contributed by atoms with Gasteiger partial charge in [0, 0.05) is 12.1 Å². The number of hydrogen-bond donors (Lipinski definition) is 1. The van der Waals surface area contributed by atoms with Crippen molar-refractivity contribution < 1.29 is 4.79 Å². The van der Waals surface area contributed by atoms with Gasteiger partial charge >= 0.3 is 0 Å². The smallest absolute Gasteiger partial charge is 0.251 e. The van der Waals surface area contributed by atoms with Gasteiger partial charge in [0.25, 0.3) is 5.91 Å². The quantitative estimate of drug-likeness (QED) is 0.648. The summed E-state index contributed by atoms with van der Waals surface area (Å²) in [5.74, 6) is 0.865. The van der Waals surface area contributed by atoms with Crippen molar-refractivity contribution >= 4 is 16.9 Å². The molecule has 1 heterocycles. The molecule has 0 aliphatic carbocycles. The number of amides is 1. The number of para-hydroxylation sites is 2. The fourth-order valence-electron chi connectivity index (χ4n) is 3.11. The summed E-state index contributed by atoms with van der Waals surface area (Å²) < 4.78 is 2.24. The Balaban J connectivity index is 1.79. The molecule has 3 rings (SSSR count). The maximum absolute atomic E-state index is 12.5. The Hall–Kier alpha value is -2.62. The molecule has 25 heavy (non-hydrogen) atoms. The number of nitrogens with one attached hydrogen (secondary N) is 1. The van der Waals surface area contributed by atoms with Gasteiger partial charge in [-0.05, 0) is 37.1 Å². The molecule has 0 saturated heterocycles. The van der Waals surface area contributed by atoms with Crippen LogP contribution < -0.4 is 5.32 Å². The third kappa shape index (κ3) is 3.90. The molecule has 0 atom stereocenters. The van der Waals surface area contributed by atoms with E-state index in [1.54, 1.807) is 0 Å². The minimum Gasteiger partial charge on any atom is -0.345 e. The van der Waals surface area contributed by atoms with Gasteiger partial charge in [-0.25, -0.2) is 4.98 Å². The molecule has 0 bridgehead atoms. The Morgan fingerprint density at radius 2 is 1.84 bits per heavy atom. The number of aryl methyl sites for hydroxylation is 2. The Morgan fingerprint density at radius 1 is 1.08 bits per heavy atom. The molecule has 0 unspecified atom stereocenters. The van der Waals surface area contributed by atoms with E-state index >= 15 is 0 Å². The maximum Gasteiger partial charge on any atom is 0.251 e. The van der Waals surface area contributed by atoms with Gasteiger partial charge in [-0.3, -0.25) is 4.79 Å². The van der Waals surface area contributed by atoms with Crippen LogP contribution in [0.1, 0.15) is 47.9 Å². The summed E-state index contributed by atoms with van der Waals surface area (Å²) in [5, 5.41) is 3.03. The standard InChI is InChI=1S/C21H25N3O/c1-3-4-9-14-24-19-13-8-7-12-18(19)23-20(24)15-22-21(25)17-11-6-5-10-16(17)2/h5-8,10-13H,3-4,9,14-15H2,1-2H3,(H,22,25). The number of carbonyl (C=O) groups excluding carboxylic acids is 1. The lowest BCUT2D eigenvalue weighted by Crippen LogP contribution is -2.25. The molecule has 1 aromatic heterocycles. The number of carbonyl (C=O) groups is 1. The van der Waals surface area contributed by atoms with E-state index in [-0.39, 0.29) is 5.91 Å². The van der Waals surface area contributed by atoms with Crippen molar-refractivity contribution in [3.05, 3.63) is 65.5 Å². The van der Waals surface area contributed by atoms with Gasteiger partial charge in [0.2, 0.25) is 0 Å². The highest BCUT2D eigenvalue weighted by Crippen LogP contribution is 2.17. The molecule has 130 valence electrons. The SMILES string of the molecule is CCCCCn1c(CNC(=O)c2ccccc2C)nc2ccccc21. The van der Waals surface area contributed by atoms with Crippen LogP contribution in [0.25, 0.3) is 11.0 Å².